The van der Waals surface area contributed by atoms with E-state index in [1.54, 1.807) is 0 Å². The number of unbranched alkanes of at least 4 members (excludes halogenated alkanes) is 1. The van der Waals surface area contributed by atoms with E-state index in [2.05, 4.69) is 11.3 Å². The zero-order chi connectivity index (χ0) is 9.40. The van der Waals surface area contributed by atoms with Crippen molar-refractivity contribution in [3.05, 3.63) is 12.7 Å². The Morgan fingerprint density at radius 3 is 2.58 bits per heavy atom. The fourth-order valence-corrected chi connectivity index (χ4v) is 1.06. The van der Waals surface area contributed by atoms with Crippen LogP contribution < -0.4 is 0 Å². The second-order valence-corrected chi connectivity index (χ2v) is 3.25. The van der Waals surface area contributed by atoms with Crippen molar-refractivity contribution in [2.45, 2.75) is 12.8 Å². The van der Waals surface area contributed by atoms with Crippen molar-refractivity contribution in [1.82, 2.24) is 0 Å². The third-order valence-electron chi connectivity index (χ3n) is 1.15. The van der Waals surface area contributed by atoms with Gasteiger partial charge in [0.25, 0.3) is 0 Å². The number of carbonyl (C=O) groups is 1. The van der Waals surface area contributed by atoms with Gasteiger partial charge >= 0.3 is 13.6 Å². The molecule has 0 bridgehead atoms. The van der Waals surface area contributed by atoms with Crippen LogP contribution >= 0.6 is 7.68 Å². The van der Waals surface area contributed by atoms with Gasteiger partial charge in [-0.25, -0.2) is 13.9 Å². The first-order valence-corrected chi connectivity index (χ1v) is 4.94. The van der Waals surface area contributed by atoms with Gasteiger partial charge in [-0.15, -0.1) is 0 Å². The third-order valence-corrected chi connectivity index (χ3v) is 1.83. The van der Waals surface area contributed by atoms with Gasteiger partial charge in [0.1, 0.15) is 0 Å². The average Bonchev–Trinajstić information content (AvgIpc) is 2.03. The smallest absolute Gasteiger partial charge is 0.330 e. The molecule has 0 fully saturated rings. The largest absolute Gasteiger partial charge is 0.463 e. The summed E-state index contributed by atoms with van der Waals surface area (Å²) < 4.78 is 24.8. The van der Waals surface area contributed by atoms with Gasteiger partial charge in [0, 0.05) is 6.08 Å². The van der Waals surface area contributed by atoms with Crippen LogP contribution in [-0.4, -0.2) is 18.7 Å². The van der Waals surface area contributed by atoms with Crippen molar-refractivity contribution in [1.29, 1.82) is 0 Å². The molecule has 0 aromatic rings. The highest BCUT2D eigenvalue weighted by atomic mass is 31.1. The SMILES string of the molecule is C=CC(=O)OCCCCP(=O)=O. The number of ether oxygens (including phenoxy) is 1. The standard InChI is InChI=1S/C7H11O4P/c1-2-7(8)11-5-3-4-6-12(9)10/h2H,1,3-6H2. The summed E-state index contributed by atoms with van der Waals surface area (Å²) in [6.07, 6.45) is 2.33. The predicted molar refractivity (Wildman–Crippen MR) is 43.6 cm³/mol. The highest BCUT2D eigenvalue weighted by Crippen LogP contribution is 2.06. The highest BCUT2D eigenvalue weighted by Gasteiger charge is 1.96. The maximum Gasteiger partial charge on any atom is 0.330 e. The summed E-state index contributed by atoms with van der Waals surface area (Å²) >= 11 is 0. The summed E-state index contributed by atoms with van der Waals surface area (Å²) in [6, 6.07) is 0. The summed E-state index contributed by atoms with van der Waals surface area (Å²) in [7, 11) is -2.30. The van der Waals surface area contributed by atoms with Crippen LogP contribution in [0.25, 0.3) is 0 Å². The first-order chi connectivity index (χ1) is 5.66. The minimum absolute atomic E-state index is 0.154. The predicted octanol–water partition coefficient (Wildman–Crippen LogP) is 1.67. The average molecular weight is 190 g/mol. The second-order valence-electron chi connectivity index (χ2n) is 2.14. The number of hydrogen-bond acceptors (Lipinski definition) is 4. The van der Waals surface area contributed by atoms with Crippen LogP contribution in [0.4, 0.5) is 0 Å². The lowest BCUT2D eigenvalue weighted by Gasteiger charge is -1.98. The van der Waals surface area contributed by atoms with Crippen molar-refractivity contribution in [3.63, 3.8) is 0 Å². The van der Waals surface area contributed by atoms with Crippen molar-refractivity contribution < 1.29 is 18.7 Å². The van der Waals surface area contributed by atoms with Gasteiger partial charge in [-0.1, -0.05) is 6.58 Å². The molecule has 68 valence electrons. The molecule has 0 aliphatic carbocycles. The maximum atomic E-state index is 10.4. The molecule has 0 rings (SSSR count). The molecule has 0 atom stereocenters. The molecule has 12 heavy (non-hydrogen) atoms. The van der Waals surface area contributed by atoms with E-state index < -0.39 is 13.6 Å². The molecule has 0 aromatic heterocycles. The Bertz CT molecular complexity index is 211. The minimum atomic E-state index is -2.30. The molecule has 0 saturated heterocycles. The maximum absolute atomic E-state index is 10.4. The lowest BCUT2D eigenvalue weighted by Crippen LogP contribution is -2.01. The van der Waals surface area contributed by atoms with Gasteiger partial charge in [0.05, 0.1) is 12.8 Å². The highest BCUT2D eigenvalue weighted by molar-refractivity contribution is 7.30. The summed E-state index contributed by atoms with van der Waals surface area (Å²) in [4.78, 5) is 10.4. The molecule has 0 unspecified atom stereocenters. The molecule has 0 heterocycles. The molecule has 0 amide bonds. The number of rotatable bonds is 6. The molecule has 0 radical (unpaired) electrons. The van der Waals surface area contributed by atoms with Gasteiger partial charge in [0.2, 0.25) is 0 Å². The third kappa shape index (κ3) is 7.22. The molecular formula is C7H11O4P. The zero-order valence-electron chi connectivity index (χ0n) is 6.69. The van der Waals surface area contributed by atoms with E-state index >= 15 is 0 Å². The van der Waals surface area contributed by atoms with Crippen LogP contribution in [0.15, 0.2) is 12.7 Å². The first kappa shape index (κ1) is 11.1. The number of esters is 1. The van der Waals surface area contributed by atoms with Crippen molar-refractivity contribution in [2.75, 3.05) is 12.8 Å². The Balaban J connectivity index is 3.21. The minimum Gasteiger partial charge on any atom is -0.463 e. The zero-order valence-corrected chi connectivity index (χ0v) is 7.59. The topological polar surface area (TPSA) is 60.4 Å². The molecule has 0 N–H and O–H groups in total. The van der Waals surface area contributed by atoms with Crippen LogP contribution in [-0.2, 0) is 18.7 Å². The fourth-order valence-electron chi connectivity index (χ4n) is 0.575. The van der Waals surface area contributed by atoms with Crippen LogP contribution in [0.2, 0.25) is 0 Å². The molecule has 0 spiro atoms. The van der Waals surface area contributed by atoms with Crippen LogP contribution in [0.5, 0.6) is 0 Å². The Morgan fingerprint density at radius 2 is 2.08 bits per heavy atom. The lowest BCUT2D eigenvalue weighted by molar-refractivity contribution is -0.137. The van der Waals surface area contributed by atoms with E-state index in [-0.39, 0.29) is 12.8 Å². The Morgan fingerprint density at radius 1 is 1.42 bits per heavy atom. The molecule has 5 heteroatoms. The number of carbonyl (C=O) groups excluding carboxylic acids is 1. The second kappa shape index (κ2) is 6.80. The van der Waals surface area contributed by atoms with Gasteiger partial charge in [-0.2, -0.15) is 0 Å². The monoisotopic (exact) mass is 190 g/mol. The summed E-state index contributed by atoms with van der Waals surface area (Å²) in [5.41, 5.74) is 0. The Hall–Kier alpha value is -0.890. The van der Waals surface area contributed by atoms with Gasteiger partial charge in [-0.05, 0) is 12.8 Å². The molecule has 0 aliphatic heterocycles. The van der Waals surface area contributed by atoms with E-state index in [0.717, 1.165) is 6.08 Å². The van der Waals surface area contributed by atoms with E-state index in [1.165, 1.54) is 0 Å². The molecular weight excluding hydrogens is 179 g/mol. The fraction of sp³-hybridized carbons (Fsp3) is 0.571. The summed E-state index contributed by atoms with van der Waals surface area (Å²) in [5.74, 6) is -0.471. The van der Waals surface area contributed by atoms with Gasteiger partial charge in [0.15, 0.2) is 0 Å². The summed E-state index contributed by atoms with van der Waals surface area (Å²) in [6.45, 7) is 3.47. The van der Waals surface area contributed by atoms with E-state index in [0.29, 0.717) is 12.8 Å². The first-order valence-electron chi connectivity index (χ1n) is 3.58. The van der Waals surface area contributed by atoms with Crippen molar-refractivity contribution >= 4 is 13.6 Å². The molecule has 4 nitrogen and oxygen atoms in total. The summed E-state index contributed by atoms with van der Waals surface area (Å²) in [5, 5.41) is 0. The Kier molecular flexibility index (Phi) is 6.29. The van der Waals surface area contributed by atoms with Gasteiger partial charge in [-0.3, -0.25) is 0 Å². The number of hydrogen-bond donors (Lipinski definition) is 0. The molecule has 0 aromatic carbocycles. The van der Waals surface area contributed by atoms with Crippen molar-refractivity contribution in [2.24, 2.45) is 0 Å². The molecule has 0 aliphatic rings. The normalized spacial score (nSPS) is 9.00. The van der Waals surface area contributed by atoms with E-state index in [1.807, 2.05) is 0 Å². The van der Waals surface area contributed by atoms with Gasteiger partial charge < -0.3 is 4.74 Å². The Labute approximate surface area is 71.4 Å². The quantitative estimate of drug-likeness (QED) is 0.276. The van der Waals surface area contributed by atoms with E-state index in [9.17, 15) is 13.9 Å². The lowest BCUT2D eigenvalue weighted by atomic mass is 10.4. The van der Waals surface area contributed by atoms with Crippen LogP contribution in [0.3, 0.4) is 0 Å². The van der Waals surface area contributed by atoms with Crippen LogP contribution in [0, 0.1) is 0 Å². The van der Waals surface area contributed by atoms with Crippen LogP contribution in [0.1, 0.15) is 12.8 Å². The molecule has 0 saturated carbocycles. The van der Waals surface area contributed by atoms with E-state index in [4.69, 9.17) is 0 Å². The van der Waals surface area contributed by atoms with Crippen molar-refractivity contribution in [3.8, 4) is 0 Å².